The fourth-order valence-corrected chi connectivity index (χ4v) is 2.27. The molecule has 0 aliphatic carbocycles. The summed E-state index contributed by atoms with van der Waals surface area (Å²) in [4.78, 5) is 16.2. The van der Waals surface area contributed by atoms with E-state index in [1.807, 2.05) is 38.6 Å². The number of aromatic nitrogens is 3. The lowest BCUT2D eigenvalue weighted by Crippen LogP contribution is -2.03. The molecule has 0 bridgehead atoms. The van der Waals surface area contributed by atoms with E-state index in [-0.39, 0.29) is 5.78 Å². The average Bonchev–Trinajstić information content (AvgIpc) is 2.61. The van der Waals surface area contributed by atoms with E-state index in [4.69, 9.17) is 0 Å². The molecule has 2 aromatic heterocycles. The zero-order valence-electron chi connectivity index (χ0n) is 11.9. The first kappa shape index (κ1) is 13.5. The quantitative estimate of drug-likeness (QED) is 0.791. The standard InChI is InChI=1S/C15H19N3O/c1-10-7-13(9-16-8-10)15(19)6-5-14-11(2)17-18(4)12(14)3/h7-9H,5-6H2,1-4H3. The average molecular weight is 257 g/mol. The van der Waals surface area contributed by atoms with Gasteiger partial charge in [0.2, 0.25) is 0 Å². The molecule has 0 fully saturated rings. The lowest BCUT2D eigenvalue weighted by Gasteiger charge is -2.03. The Labute approximate surface area is 113 Å². The van der Waals surface area contributed by atoms with E-state index in [9.17, 15) is 4.79 Å². The topological polar surface area (TPSA) is 47.8 Å². The van der Waals surface area contributed by atoms with E-state index in [0.717, 1.165) is 23.4 Å². The van der Waals surface area contributed by atoms with Crippen LogP contribution in [0.3, 0.4) is 0 Å². The van der Waals surface area contributed by atoms with Crippen molar-refractivity contribution in [3.63, 3.8) is 0 Å². The second kappa shape index (κ2) is 5.34. The number of rotatable bonds is 4. The van der Waals surface area contributed by atoms with Crippen LogP contribution in [0.5, 0.6) is 0 Å². The van der Waals surface area contributed by atoms with E-state index in [1.54, 1.807) is 12.4 Å². The van der Waals surface area contributed by atoms with Crippen molar-refractivity contribution in [3.8, 4) is 0 Å². The molecule has 19 heavy (non-hydrogen) atoms. The Balaban J connectivity index is 2.09. The van der Waals surface area contributed by atoms with Gasteiger partial charge < -0.3 is 0 Å². The molecule has 0 radical (unpaired) electrons. The Bertz CT molecular complexity index is 614. The number of carbonyl (C=O) groups is 1. The lowest BCUT2D eigenvalue weighted by molar-refractivity contribution is 0.0982. The molecule has 0 saturated heterocycles. The highest BCUT2D eigenvalue weighted by atomic mass is 16.1. The van der Waals surface area contributed by atoms with Gasteiger partial charge in [-0.05, 0) is 44.4 Å². The van der Waals surface area contributed by atoms with Gasteiger partial charge in [-0.15, -0.1) is 0 Å². The van der Waals surface area contributed by atoms with Crippen molar-refractivity contribution in [1.82, 2.24) is 14.8 Å². The van der Waals surface area contributed by atoms with Crippen molar-refractivity contribution < 1.29 is 4.79 Å². The summed E-state index contributed by atoms with van der Waals surface area (Å²) < 4.78 is 1.86. The van der Waals surface area contributed by atoms with Crippen molar-refractivity contribution in [3.05, 3.63) is 46.5 Å². The number of carbonyl (C=O) groups excluding carboxylic acids is 1. The summed E-state index contributed by atoms with van der Waals surface area (Å²) >= 11 is 0. The third-order valence-electron chi connectivity index (χ3n) is 3.46. The second-order valence-corrected chi connectivity index (χ2v) is 4.95. The van der Waals surface area contributed by atoms with Gasteiger partial charge in [0.25, 0.3) is 0 Å². The molecule has 0 unspecified atom stereocenters. The van der Waals surface area contributed by atoms with Gasteiger partial charge in [0.1, 0.15) is 0 Å². The summed E-state index contributed by atoms with van der Waals surface area (Å²) in [7, 11) is 1.93. The van der Waals surface area contributed by atoms with E-state index in [2.05, 4.69) is 10.1 Å². The summed E-state index contributed by atoms with van der Waals surface area (Å²) in [5, 5.41) is 4.37. The maximum absolute atomic E-state index is 12.1. The van der Waals surface area contributed by atoms with Crippen molar-refractivity contribution in [2.75, 3.05) is 0 Å². The third-order valence-corrected chi connectivity index (χ3v) is 3.46. The second-order valence-electron chi connectivity index (χ2n) is 4.95. The highest BCUT2D eigenvalue weighted by Gasteiger charge is 2.12. The van der Waals surface area contributed by atoms with E-state index in [1.165, 1.54) is 5.56 Å². The molecule has 0 aromatic carbocycles. The fraction of sp³-hybridized carbons (Fsp3) is 0.400. The Hall–Kier alpha value is -1.97. The molecule has 0 atom stereocenters. The van der Waals surface area contributed by atoms with Crippen LogP contribution in [0.15, 0.2) is 18.5 Å². The summed E-state index contributed by atoms with van der Waals surface area (Å²) in [5.41, 5.74) is 5.03. The van der Waals surface area contributed by atoms with Crippen molar-refractivity contribution in [2.45, 2.75) is 33.6 Å². The summed E-state index contributed by atoms with van der Waals surface area (Å²) in [5.74, 6) is 0.138. The molecule has 2 rings (SSSR count). The number of Topliss-reactive ketones (excluding diaryl/α,β-unsaturated/α-hetero) is 1. The van der Waals surface area contributed by atoms with E-state index >= 15 is 0 Å². The van der Waals surface area contributed by atoms with Gasteiger partial charge in [-0.2, -0.15) is 5.10 Å². The van der Waals surface area contributed by atoms with Gasteiger partial charge in [-0.25, -0.2) is 0 Å². The van der Waals surface area contributed by atoms with Crippen LogP contribution in [0.25, 0.3) is 0 Å². The first-order valence-electron chi connectivity index (χ1n) is 6.43. The summed E-state index contributed by atoms with van der Waals surface area (Å²) in [6.45, 7) is 5.97. The molecule has 4 heteroatoms. The predicted molar refractivity (Wildman–Crippen MR) is 74.3 cm³/mol. The highest BCUT2D eigenvalue weighted by Crippen LogP contribution is 2.15. The van der Waals surface area contributed by atoms with Crippen molar-refractivity contribution >= 4 is 5.78 Å². The van der Waals surface area contributed by atoms with Gasteiger partial charge in [0.15, 0.2) is 5.78 Å². The van der Waals surface area contributed by atoms with E-state index in [0.29, 0.717) is 12.0 Å². The molecule has 0 aliphatic rings. The normalized spacial score (nSPS) is 10.7. The van der Waals surface area contributed by atoms with Crippen LogP contribution >= 0.6 is 0 Å². The Morgan fingerprint density at radius 1 is 1.26 bits per heavy atom. The minimum absolute atomic E-state index is 0.138. The SMILES string of the molecule is Cc1cncc(C(=O)CCc2c(C)nn(C)c2C)c1. The lowest BCUT2D eigenvalue weighted by atomic mass is 10.0. The molecule has 0 spiro atoms. The number of hydrogen-bond acceptors (Lipinski definition) is 3. The fourth-order valence-electron chi connectivity index (χ4n) is 2.27. The summed E-state index contributed by atoms with van der Waals surface area (Å²) in [6, 6.07) is 1.89. The van der Waals surface area contributed by atoms with Crippen LogP contribution in [-0.2, 0) is 13.5 Å². The molecular weight excluding hydrogens is 238 g/mol. The largest absolute Gasteiger partial charge is 0.294 e. The highest BCUT2D eigenvalue weighted by molar-refractivity contribution is 5.96. The minimum atomic E-state index is 0.138. The Morgan fingerprint density at radius 2 is 2.00 bits per heavy atom. The predicted octanol–water partition coefficient (Wildman–Crippen LogP) is 2.56. The van der Waals surface area contributed by atoms with Gasteiger partial charge in [-0.3, -0.25) is 14.5 Å². The molecule has 2 heterocycles. The number of hydrogen-bond donors (Lipinski definition) is 0. The van der Waals surface area contributed by atoms with Crippen LogP contribution in [0.2, 0.25) is 0 Å². The van der Waals surface area contributed by atoms with Gasteiger partial charge >= 0.3 is 0 Å². The molecule has 0 N–H and O–H groups in total. The first-order chi connectivity index (χ1) is 8.99. The zero-order chi connectivity index (χ0) is 14.0. The molecule has 0 amide bonds. The van der Waals surface area contributed by atoms with Crippen LogP contribution in [0.4, 0.5) is 0 Å². The number of ketones is 1. The van der Waals surface area contributed by atoms with Crippen molar-refractivity contribution in [2.24, 2.45) is 7.05 Å². The first-order valence-corrected chi connectivity index (χ1v) is 6.43. The maximum Gasteiger partial charge on any atom is 0.164 e. The number of aryl methyl sites for hydroxylation is 3. The molecule has 4 nitrogen and oxygen atoms in total. The van der Waals surface area contributed by atoms with Crippen molar-refractivity contribution in [1.29, 1.82) is 0 Å². The molecular formula is C15H19N3O. The van der Waals surface area contributed by atoms with E-state index < -0.39 is 0 Å². The minimum Gasteiger partial charge on any atom is -0.294 e. The third kappa shape index (κ3) is 2.89. The zero-order valence-corrected chi connectivity index (χ0v) is 11.9. The van der Waals surface area contributed by atoms with Crippen LogP contribution in [0, 0.1) is 20.8 Å². The molecule has 0 saturated carbocycles. The summed E-state index contributed by atoms with van der Waals surface area (Å²) in [6.07, 6.45) is 4.63. The van der Waals surface area contributed by atoms with Gasteiger partial charge in [-0.1, -0.05) is 0 Å². The van der Waals surface area contributed by atoms with Gasteiger partial charge in [0, 0.05) is 37.1 Å². The smallest absolute Gasteiger partial charge is 0.164 e. The molecule has 2 aromatic rings. The Morgan fingerprint density at radius 3 is 2.58 bits per heavy atom. The van der Waals surface area contributed by atoms with Gasteiger partial charge in [0.05, 0.1) is 5.69 Å². The Kier molecular flexibility index (Phi) is 3.79. The van der Waals surface area contributed by atoms with Crippen LogP contribution in [-0.4, -0.2) is 20.5 Å². The number of nitrogens with zero attached hydrogens (tertiary/aromatic N) is 3. The van der Waals surface area contributed by atoms with Crippen LogP contribution in [0.1, 0.15) is 39.3 Å². The maximum atomic E-state index is 12.1. The molecule has 100 valence electrons. The van der Waals surface area contributed by atoms with Crippen LogP contribution < -0.4 is 0 Å². The number of pyridine rings is 1. The molecule has 0 aliphatic heterocycles. The monoisotopic (exact) mass is 257 g/mol.